The maximum atomic E-state index is 10.7. The summed E-state index contributed by atoms with van der Waals surface area (Å²) in [6.45, 7) is 2.26. The first kappa shape index (κ1) is 23.7. The van der Waals surface area contributed by atoms with Crippen LogP contribution in [0.5, 0.6) is 0 Å². The van der Waals surface area contributed by atoms with Crippen LogP contribution in [-0.2, 0) is 23.6 Å². The molecule has 0 radical (unpaired) electrons. The number of para-hydroxylation sites is 3. The highest BCUT2D eigenvalue weighted by molar-refractivity contribution is 7.86. The number of fused-ring (bicyclic) bond motifs is 5. The van der Waals surface area contributed by atoms with Crippen molar-refractivity contribution in [3.05, 3.63) is 84.4 Å². The molecule has 5 aromatic rings. The molecule has 9 heteroatoms. The molecule has 0 N–H and O–H groups in total. The minimum Gasteiger partial charge on any atom is -0.741 e. The maximum absolute atomic E-state index is 10.7. The molecule has 3 aromatic carbocycles. The second-order valence-corrected chi connectivity index (χ2v) is 9.07. The van der Waals surface area contributed by atoms with Gasteiger partial charge in [0.25, 0.3) is 5.65 Å². The number of hydrogen-bond acceptors (Lipinski definition) is 3. The summed E-state index contributed by atoms with van der Waals surface area (Å²) in [5.41, 5.74) is 3.42. The lowest BCUT2D eigenvalue weighted by Gasteiger charge is -2.12. The molecule has 2 heterocycles. The highest BCUT2D eigenvalue weighted by Crippen LogP contribution is 2.35. The largest absolute Gasteiger partial charge is 0.741 e. The number of rotatable bonds is 2. The molecule has 0 fully saturated rings. The van der Waals surface area contributed by atoms with Gasteiger partial charge in [-0.1, -0.05) is 67.6 Å². The molecular formula is C25H21F3N2O3S. The van der Waals surface area contributed by atoms with E-state index in [0.29, 0.717) is 0 Å². The number of benzene rings is 3. The quantitative estimate of drug-likeness (QED) is 0.192. The monoisotopic (exact) mass is 486 g/mol. The van der Waals surface area contributed by atoms with Gasteiger partial charge in [0, 0.05) is 5.39 Å². The van der Waals surface area contributed by atoms with E-state index < -0.39 is 15.6 Å². The third kappa shape index (κ3) is 4.01. The first-order valence-corrected chi connectivity index (χ1v) is 11.9. The van der Waals surface area contributed by atoms with E-state index in [1.807, 2.05) is 0 Å². The van der Waals surface area contributed by atoms with E-state index in [2.05, 4.69) is 102 Å². The van der Waals surface area contributed by atoms with Crippen LogP contribution in [-0.4, -0.2) is 22.9 Å². The maximum Gasteiger partial charge on any atom is 0.485 e. The van der Waals surface area contributed by atoms with Gasteiger partial charge in [0.15, 0.2) is 21.2 Å². The highest BCUT2D eigenvalue weighted by Gasteiger charge is 2.37. The van der Waals surface area contributed by atoms with Gasteiger partial charge in [-0.25, -0.2) is 13.0 Å². The lowest BCUT2D eigenvalue weighted by atomic mass is 9.95. The van der Waals surface area contributed by atoms with Crippen molar-refractivity contribution in [3.63, 3.8) is 0 Å². The van der Waals surface area contributed by atoms with Gasteiger partial charge in [0.05, 0.1) is 12.6 Å². The Morgan fingerprint density at radius 1 is 0.882 bits per heavy atom. The molecule has 0 aliphatic carbocycles. The zero-order chi connectivity index (χ0) is 24.7. The predicted octanol–water partition coefficient (Wildman–Crippen LogP) is 5.35. The number of halogens is 3. The van der Waals surface area contributed by atoms with E-state index in [-0.39, 0.29) is 0 Å². The summed E-state index contributed by atoms with van der Waals surface area (Å²) in [6.07, 6.45) is 1.00. The van der Waals surface area contributed by atoms with Gasteiger partial charge >= 0.3 is 5.51 Å². The van der Waals surface area contributed by atoms with Gasteiger partial charge < -0.3 is 4.55 Å². The summed E-state index contributed by atoms with van der Waals surface area (Å²) in [6, 6.07) is 28.2. The minimum absolute atomic E-state index is 1.00. The van der Waals surface area contributed by atoms with Crippen molar-refractivity contribution in [2.45, 2.75) is 18.9 Å². The summed E-state index contributed by atoms with van der Waals surface area (Å²) in [5, 5.41) is 1.34. The molecule has 5 nitrogen and oxygen atoms in total. The van der Waals surface area contributed by atoms with Gasteiger partial charge in [-0.05, 0) is 35.7 Å². The summed E-state index contributed by atoms with van der Waals surface area (Å²) in [7, 11) is -3.91. The fraction of sp³-hybridized carbons (Fsp3) is 0.160. The number of aryl methyl sites for hydroxylation is 2. The molecule has 176 valence electrons. The standard InChI is InChI=1S/C24H21N2.CHF3O3S/c1-3-18-19-13-7-8-14-20(19)26-22-16-10-9-15-21(22)25(2)24(26)23(18)17-11-5-4-6-12-17;2-1(3,4)8(5,6)7/h4-16H,3H2,1-2H3;(H,5,6,7)/q+1;/p-1. The molecular weight excluding hydrogens is 465 g/mol. The third-order valence-electron chi connectivity index (χ3n) is 5.71. The van der Waals surface area contributed by atoms with E-state index in [0.717, 1.165) is 6.42 Å². The van der Waals surface area contributed by atoms with Crippen LogP contribution in [0.25, 0.3) is 38.7 Å². The Kier molecular flexibility index (Phi) is 6.09. The zero-order valence-corrected chi connectivity index (χ0v) is 19.2. The van der Waals surface area contributed by atoms with Gasteiger partial charge in [-0.3, -0.25) is 0 Å². The highest BCUT2D eigenvalue weighted by atomic mass is 32.2. The van der Waals surface area contributed by atoms with Crippen molar-refractivity contribution in [2.75, 3.05) is 0 Å². The number of pyridine rings is 1. The first-order chi connectivity index (χ1) is 16.1. The Morgan fingerprint density at radius 3 is 2.00 bits per heavy atom. The molecule has 0 amide bonds. The lowest BCUT2D eigenvalue weighted by molar-refractivity contribution is -0.617. The molecule has 0 saturated heterocycles. The molecule has 5 rings (SSSR count). The van der Waals surface area contributed by atoms with E-state index in [1.54, 1.807) is 0 Å². The smallest absolute Gasteiger partial charge is 0.485 e. The topological polar surface area (TPSA) is 65.5 Å². The van der Waals surface area contributed by atoms with Gasteiger partial charge in [-0.15, -0.1) is 0 Å². The van der Waals surface area contributed by atoms with Crippen molar-refractivity contribution in [1.82, 2.24) is 4.40 Å². The molecule has 0 saturated carbocycles. The average Bonchev–Trinajstić information content (AvgIpc) is 3.11. The fourth-order valence-corrected chi connectivity index (χ4v) is 4.31. The molecule has 0 aliphatic rings. The zero-order valence-electron chi connectivity index (χ0n) is 18.4. The van der Waals surface area contributed by atoms with Crippen molar-refractivity contribution < 1.29 is 30.7 Å². The normalized spacial score (nSPS) is 12.2. The number of alkyl halides is 3. The van der Waals surface area contributed by atoms with E-state index >= 15 is 0 Å². The second-order valence-electron chi connectivity index (χ2n) is 7.70. The fourth-order valence-electron chi connectivity index (χ4n) is 4.31. The molecule has 0 atom stereocenters. The first-order valence-electron chi connectivity index (χ1n) is 10.5. The number of hydrogen-bond donors (Lipinski definition) is 0. The molecule has 0 unspecified atom stereocenters. The van der Waals surface area contributed by atoms with Gasteiger partial charge in [0.1, 0.15) is 5.52 Å². The molecule has 34 heavy (non-hydrogen) atoms. The van der Waals surface area contributed by atoms with Crippen LogP contribution in [0.2, 0.25) is 0 Å². The molecule has 0 spiro atoms. The number of aromatic nitrogens is 2. The van der Waals surface area contributed by atoms with Crippen molar-refractivity contribution >= 4 is 37.7 Å². The Balaban J connectivity index is 0.000000297. The van der Waals surface area contributed by atoms with E-state index in [9.17, 15) is 13.2 Å². The summed E-state index contributed by atoms with van der Waals surface area (Å²) >= 11 is 0. The Hall–Kier alpha value is -3.43. The van der Waals surface area contributed by atoms with Crippen LogP contribution in [0.15, 0.2) is 78.9 Å². The number of nitrogens with zero attached hydrogens (tertiary/aromatic N) is 2. The Bertz CT molecular complexity index is 1610. The summed E-state index contributed by atoms with van der Waals surface area (Å²) < 4.78 is 63.7. The lowest BCUT2D eigenvalue weighted by Crippen LogP contribution is -2.28. The van der Waals surface area contributed by atoms with Gasteiger partial charge in [-0.2, -0.15) is 17.6 Å². The van der Waals surface area contributed by atoms with Crippen molar-refractivity contribution in [2.24, 2.45) is 7.05 Å². The van der Waals surface area contributed by atoms with Crippen LogP contribution in [0.3, 0.4) is 0 Å². The minimum atomic E-state index is -6.09. The SMILES string of the molecule is CCc1c(-c2ccccc2)c2n(c3ccccc13)c1ccccc1[n+]2C.O=S(=O)([O-])C(F)(F)F. The predicted molar refractivity (Wildman–Crippen MR) is 124 cm³/mol. The molecule has 0 bridgehead atoms. The van der Waals surface area contributed by atoms with Crippen LogP contribution in [0.4, 0.5) is 13.2 Å². The van der Waals surface area contributed by atoms with Crippen LogP contribution in [0, 0.1) is 0 Å². The van der Waals surface area contributed by atoms with E-state index in [1.165, 1.54) is 44.3 Å². The average molecular weight is 487 g/mol. The molecule has 2 aromatic heterocycles. The molecule has 0 aliphatic heterocycles. The summed E-state index contributed by atoms with van der Waals surface area (Å²) in [5.74, 6) is 0. The van der Waals surface area contributed by atoms with Gasteiger partial charge in [0.2, 0.25) is 0 Å². The third-order valence-corrected chi connectivity index (χ3v) is 6.28. The van der Waals surface area contributed by atoms with Crippen LogP contribution >= 0.6 is 0 Å². The van der Waals surface area contributed by atoms with E-state index in [4.69, 9.17) is 13.0 Å². The Morgan fingerprint density at radius 2 is 1.41 bits per heavy atom. The second kappa shape index (κ2) is 8.73. The number of imidazole rings is 1. The van der Waals surface area contributed by atoms with Crippen LogP contribution in [0.1, 0.15) is 12.5 Å². The Labute approximate surface area is 194 Å². The van der Waals surface area contributed by atoms with Crippen molar-refractivity contribution in [1.29, 1.82) is 0 Å². The summed E-state index contributed by atoms with van der Waals surface area (Å²) in [4.78, 5) is 0. The van der Waals surface area contributed by atoms with Crippen molar-refractivity contribution in [3.8, 4) is 11.1 Å². The van der Waals surface area contributed by atoms with Crippen LogP contribution < -0.4 is 4.57 Å².